The third-order valence-corrected chi connectivity index (χ3v) is 3.97. The van der Waals surface area contributed by atoms with Crippen molar-refractivity contribution in [3.8, 4) is 11.6 Å². The van der Waals surface area contributed by atoms with Gasteiger partial charge in [-0.2, -0.15) is 4.98 Å². The van der Waals surface area contributed by atoms with Gasteiger partial charge in [-0.05, 0) is 23.8 Å². The Hall–Kier alpha value is -2.51. The van der Waals surface area contributed by atoms with E-state index in [4.69, 9.17) is 8.94 Å². The average Bonchev–Trinajstić information content (AvgIpc) is 3.27. The lowest BCUT2D eigenvalue weighted by Gasteiger charge is -2.35. The fraction of sp³-hybridized carbons (Fsp3) is 0.312. The molecule has 1 aliphatic rings. The van der Waals surface area contributed by atoms with Gasteiger partial charge in [0.25, 0.3) is 0 Å². The zero-order chi connectivity index (χ0) is 15.5. The number of nitrogens with one attached hydrogen (secondary N) is 1. The Morgan fingerprint density at radius 1 is 1.30 bits per heavy atom. The number of aromatic nitrogens is 3. The molecule has 4 heterocycles. The van der Waals surface area contributed by atoms with E-state index in [0.29, 0.717) is 24.0 Å². The van der Waals surface area contributed by atoms with Crippen molar-refractivity contribution in [2.24, 2.45) is 0 Å². The lowest BCUT2D eigenvalue weighted by atomic mass is 10.1. The molecule has 0 saturated carbocycles. The van der Waals surface area contributed by atoms with Crippen LogP contribution < -0.4 is 5.32 Å². The van der Waals surface area contributed by atoms with Gasteiger partial charge in [0.05, 0.1) is 12.8 Å². The highest BCUT2D eigenvalue weighted by atomic mass is 16.5. The third kappa shape index (κ3) is 3.01. The van der Waals surface area contributed by atoms with E-state index in [0.717, 1.165) is 19.6 Å². The fourth-order valence-corrected chi connectivity index (χ4v) is 2.84. The predicted molar refractivity (Wildman–Crippen MR) is 82.3 cm³/mol. The van der Waals surface area contributed by atoms with Gasteiger partial charge in [-0.1, -0.05) is 11.2 Å². The van der Waals surface area contributed by atoms with Crippen molar-refractivity contribution in [3.05, 3.63) is 54.4 Å². The molecule has 0 radical (unpaired) electrons. The molecule has 0 aromatic carbocycles. The zero-order valence-corrected chi connectivity index (χ0v) is 12.6. The maximum Gasteiger partial charge on any atom is 0.241 e. The van der Waals surface area contributed by atoms with Gasteiger partial charge in [0, 0.05) is 38.1 Å². The SMILES string of the molecule is c1cncc(C2CNCCN2Cc2nc(-c3ccco3)no2)c1. The summed E-state index contributed by atoms with van der Waals surface area (Å²) in [5.74, 6) is 1.69. The van der Waals surface area contributed by atoms with Crippen LogP contribution in [0.5, 0.6) is 0 Å². The van der Waals surface area contributed by atoms with E-state index in [1.54, 1.807) is 18.5 Å². The summed E-state index contributed by atoms with van der Waals surface area (Å²) in [6.45, 7) is 3.34. The molecule has 1 unspecified atom stereocenters. The van der Waals surface area contributed by atoms with Crippen molar-refractivity contribution in [1.29, 1.82) is 0 Å². The minimum absolute atomic E-state index is 0.247. The summed E-state index contributed by atoms with van der Waals surface area (Å²) in [5.41, 5.74) is 1.19. The van der Waals surface area contributed by atoms with Crippen LogP contribution in [0.4, 0.5) is 0 Å². The summed E-state index contributed by atoms with van der Waals surface area (Å²) < 4.78 is 10.7. The number of piperazine rings is 1. The number of furan rings is 1. The van der Waals surface area contributed by atoms with Crippen LogP contribution in [-0.4, -0.2) is 39.7 Å². The van der Waals surface area contributed by atoms with Crippen LogP contribution >= 0.6 is 0 Å². The lowest BCUT2D eigenvalue weighted by molar-refractivity contribution is 0.135. The summed E-state index contributed by atoms with van der Waals surface area (Å²) in [6, 6.07) is 7.93. The molecule has 3 aromatic heterocycles. The zero-order valence-electron chi connectivity index (χ0n) is 12.6. The first-order chi connectivity index (χ1) is 11.4. The molecule has 0 aliphatic carbocycles. The number of hydrogen-bond donors (Lipinski definition) is 1. The van der Waals surface area contributed by atoms with Crippen LogP contribution in [0.2, 0.25) is 0 Å². The predicted octanol–water partition coefficient (Wildman–Crippen LogP) is 1.87. The van der Waals surface area contributed by atoms with Crippen molar-refractivity contribution in [2.45, 2.75) is 12.6 Å². The molecule has 7 nitrogen and oxygen atoms in total. The molecule has 4 rings (SSSR count). The van der Waals surface area contributed by atoms with Crippen molar-refractivity contribution in [2.75, 3.05) is 19.6 Å². The molecule has 0 bridgehead atoms. The van der Waals surface area contributed by atoms with Crippen LogP contribution in [0.3, 0.4) is 0 Å². The maximum absolute atomic E-state index is 5.38. The molecular formula is C16H17N5O2. The highest BCUT2D eigenvalue weighted by Crippen LogP contribution is 2.24. The molecule has 0 spiro atoms. The van der Waals surface area contributed by atoms with Crippen molar-refractivity contribution in [3.63, 3.8) is 0 Å². The molecule has 3 aromatic rings. The van der Waals surface area contributed by atoms with Crippen molar-refractivity contribution < 1.29 is 8.94 Å². The molecular weight excluding hydrogens is 294 g/mol. The van der Waals surface area contributed by atoms with Crippen molar-refractivity contribution in [1.82, 2.24) is 25.3 Å². The summed E-state index contributed by atoms with van der Waals surface area (Å²) in [7, 11) is 0. The molecule has 1 aliphatic heterocycles. The average molecular weight is 311 g/mol. The Balaban J connectivity index is 1.52. The summed E-state index contributed by atoms with van der Waals surface area (Å²) in [4.78, 5) is 11.0. The fourth-order valence-electron chi connectivity index (χ4n) is 2.84. The van der Waals surface area contributed by atoms with E-state index in [-0.39, 0.29) is 6.04 Å². The van der Waals surface area contributed by atoms with E-state index >= 15 is 0 Å². The van der Waals surface area contributed by atoms with Crippen LogP contribution in [0.15, 0.2) is 51.9 Å². The van der Waals surface area contributed by atoms with Crippen LogP contribution in [0.1, 0.15) is 17.5 Å². The van der Waals surface area contributed by atoms with E-state index < -0.39 is 0 Å². The highest BCUT2D eigenvalue weighted by Gasteiger charge is 2.26. The molecule has 23 heavy (non-hydrogen) atoms. The molecule has 0 amide bonds. The van der Waals surface area contributed by atoms with Crippen LogP contribution in [0.25, 0.3) is 11.6 Å². The normalized spacial score (nSPS) is 19.0. The standard InChI is InChI=1S/C16H17N5O2/c1-3-12(9-17-5-1)13-10-18-6-7-21(13)11-15-19-16(20-23-15)14-4-2-8-22-14/h1-5,8-9,13,18H,6-7,10-11H2. The first-order valence-electron chi connectivity index (χ1n) is 7.61. The van der Waals surface area contributed by atoms with Gasteiger partial charge in [0.2, 0.25) is 11.7 Å². The van der Waals surface area contributed by atoms with E-state index in [1.807, 2.05) is 18.3 Å². The second-order valence-corrected chi connectivity index (χ2v) is 5.47. The maximum atomic E-state index is 5.38. The minimum atomic E-state index is 0.247. The number of nitrogens with zero attached hydrogens (tertiary/aromatic N) is 4. The molecule has 1 N–H and O–H groups in total. The summed E-state index contributed by atoms with van der Waals surface area (Å²) >= 11 is 0. The Bertz CT molecular complexity index is 741. The highest BCUT2D eigenvalue weighted by molar-refractivity contribution is 5.44. The number of rotatable bonds is 4. The third-order valence-electron chi connectivity index (χ3n) is 3.97. The van der Waals surface area contributed by atoms with E-state index in [2.05, 4.69) is 31.4 Å². The van der Waals surface area contributed by atoms with E-state index in [1.165, 1.54) is 5.56 Å². The second-order valence-electron chi connectivity index (χ2n) is 5.47. The Morgan fingerprint density at radius 3 is 3.13 bits per heavy atom. The van der Waals surface area contributed by atoms with Gasteiger partial charge >= 0.3 is 0 Å². The van der Waals surface area contributed by atoms with Gasteiger partial charge in [-0.15, -0.1) is 0 Å². The monoisotopic (exact) mass is 311 g/mol. The summed E-state index contributed by atoms with van der Waals surface area (Å²) in [5, 5.41) is 7.41. The largest absolute Gasteiger partial charge is 0.461 e. The molecule has 118 valence electrons. The molecule has 7 heteroatoms. The number of hydrogen-bond acceptors (Lipinski definition) is 7. The first-order valence-corrected chi connectivity index (χ1v) is 7.61. The number of pyridine rings is 1. The van der Waals surface area contributed by atoms with Crippen LogP contribution in [0, 0.1) is 0 Å². The quantitative estimate of drug-likeness (QED) is 0.787. The molecule has 1 fully saturated rings. The molecule has 1 saturated heterocycles. The Morgan fingerprint density at radius 2 is 2.30 bits per heavy atom. The summed E-state index contributed by atoms with van der Waals surface area (Å²) in [6.07, 6.45) is 5.30. The second kappa shape index (κ2) is 6.31. The van der Waals surface area contributed by atoms with Gasteiger partial charge in [0.15, 0.2) is 5.76 Å². The van der Waals surface area contributed by atoms with E-state index in [9.17, 15) is 0 Å². The molecule has 1 atom stereocenters. The van der Waals surface area contributed by atoms with Gasteiger partial charge in [-0.3, -0.25) is 9.88 Å². The lowest BCUT2D eigenvalue weighted by Crippen LogP contribution is -2.45. The smallest absolute Gasteiger partial charge is 0.241 e. The first kappa shape index (κ1) is 14.1. The van der Waals surface area contributed by atoms with Gasteiger partial charge < -0.3 is 14.3 Å². The Labute approximate surface area is 133 Å². The topological polar surface area (TPSA) is 80.2 Å². The van der Waals surface area contributed by atoms with Crippen molar-refractivity contribution >= 4 is 0 Å². The Kier molecular flexibility index (Phi) is 3.87. The van der Waals surface area contributed by atoms with Crippen LogP contribution in [-0.2, 0) is 6.54 Å². The van der Waals surface area contributed by atoms with Gasteiger partial charge in [-0.25, -0.2) is 0 Å². The van der Waals surface area contributed by atoms with Gasteiger partial charge in [0.1, 0.15) is 0 Å². The minimum Gasteiger partial charge on any atom is -0.461 e.